The van der Waals surface area contributed by atoms with Gasteiger partial charge in [0.2, 0.25) is 0 Å². The van der Waals surface area contributed by atoms with Gasteiger partial charge in [-0.15, -0.1) is 0 Å². The molecule has 0 unspecified atom stereocenters. The monoisotopic (exact) mass is 222 g/mol. The van der Waals surface area contributed by atoms with Gasteiger partial charge < -0.3 is 5.73 Å². The zero-order valence-electron chi connectivity index (χ0n) is 10.9. The number of allylic oxidation sites excluding steroid dienone is 2. The molecule has 1 saturated carbocycles. The highest BCUT2D eigenvalue weighted by Crippen LogP contribution is 2.20. The van der Waals surface area contributed by atoms with Crippen molar-refractivity contribution in [3.05, 3.63) is 11.3 Å². The molecule has 1 aliphatic rings. The predicted molar refractivity (Wildman–Crippen MR) is 71.8 cm³/mol. The summed E-state index contributed by atoms with van der Waals surface area (Å²) in [6, 6.07) is 0. The molecule has 1 rings (SSSR count). The van der Waals surface area contributed by atoms with Gasteiger partial charge in [0, 0.05) is 18.5 Å². The van der Waals surface area contributed by atoms with Gasteiger partial charge >= 0.3 is 0 Å². The van der Waals surface area contributed by atoms with Crippen LogP contribution in [0, 0.1) is 0 Å². The van der Waals surface area contributed by atoms with Crippen molar-refractivity contribution < 1.29 is 0 Å². The first-order valence-corrected chi connectivity index (χ1v) is 6.67. The van der Waals surface area contributed by atoms with Crippen LogP contribution in [0.15, 0.2) is 16.3 Å². The summed E-state index contributed by atoms with van der Waals surface area (Å²) in [7, 11) is 1.90. The Hall–Kier alpha value is -0.790. The first-order chi connectivity index (χ1) is 7.75. The highest BCUT2D eigenvalue weighted by Gasteiger charge is 2.10. The molecular formula is C14H26N2. The first-order valence-electron chi connectivity index (χ1n) is 6.67. The van der Waals surface area contributed by atoms with Crippen LogP contribution in [0.25, 0.3) is 0 Å². The van der Waals surface area contributed by atoms with E-state index in [2.05, 4.69) is 4.99 Å². The van der Waals surface area contributed by atoms with Crippen LogP contribution in [0.4, 0.5) is 0 Å². The number of hydrogen-bond donors (Lipinski definition) is 1. The Morgan fingerprint density at radius 2 is 1.44 bits per heavy atom. The van der Waals surface area contributed by atoms with E-state index in [-0.39, 0.29) is 0 Å². The highest BCUT2D eigenvalue weighted by atomic mass is 14.7. The minimum atomic E-state index is 0.972. The molecule has 0 radical (unpaired) electrons. The summed E-state index contributed by atoms with van der Waals surface area (Å²) in [5, 5.41) is 0. The lowest BCUT2D eigenvalue weighted by Crippen LogP contribution is -2.10. The molecular weight excluding hydrogens is 196 g/mol. The van der Waals surface area contributed by atoms with Crippen molar-refractivity contribution >= 4 is 5.71 Å². The SMILES string of the molecule is CN=C1CCCCCCCCCC1=C(C)N. The van der Waals surface area contributed by atoms with Crippen molar-refractivity contribution in [1.29, 1.82) is 0 Å². The Labute approximate surface area is 100 Å². The first kappa shape index (κ1) is 13.3. The maximum Gasteiger partial charge on any atom is 0.0393 e. The van der Waals surface area contributed by atoms with E-state index in [1.54, 1.807) is 0 Å². The number of hydrogen-bond acceptors (Lipinski definition) is 2. The van der Waals surface area contributed by atoms with Gasteiger partial charge in [-0.25, -0.2) is 0 Å². The van der Waals surface area contributed by atoms with Gasteiger partial charge in [0.1, 0.15) is 0 Å². The third kappa shape index (κ3) is 4.38. The summed E-state index contributed by atoms with van der Waals surface area (Å²) in [5.41, 5.74) is 9.53. The van der Waals surface area contributed by atoms with Gasteiger partial charge in [0.05, 0.1) is 0 Å². The molecule has 0 aromatic carbocycles. The molecule has 1 aliphatic carbocycles. The molecule has 2 nitrogen and oxygen atoms in total. The van der Waals surface area contributed by atoms with E-state index in [1.807, 2.05) is 14.0 Å². The number of nitrogens with zero attached hydrogens (tertiary/aromatic N) is 1. The normalized spacial score (nSPS) is 26.2. The number of rotatable bonds is 0. The maximum absolute atomic E-state index is 5.98. The second-order valence-electron chi connectivity index (χ2n) is 4.81. The summed E-state index contributed by atoms with van der Waals surface area (Å²) in [6.45, 7) is 2.01. The zero-order chi connectivity index (χ0) is 11.8. The lowest BCUT2D eigenvalue weighted by molar-refractivity contribution is 0.590. The third-order valence-electron chi connectivity index (χ3n) is 3.43. The maximum atomic E-state index is 5.98. The average Bonchev–Trinajstić information content (AvgIpc) is 2.31. The van der Waals surface area contributed by atoms with Crippen LogP contribution in [0.3, 0.4) is 0 Å². The van der Waals surface area contributed by atoms with Crippen molar-refractivity contribution in [1.82, 2.24) is 0 Å². The molecule has 0 atom stereocenters. The Morgan fingerprint density at radius 1 is 0.938 bits per heavy atom. The molecule has 0 aromatic rings. The Balaban J connectivity index is 2.71. The van der Waals surface area contributed by atoms with Crippen LogP contribution in [0.5, 0.6) is 0 Å². The smallest absolute Gasteiger partial charge is 0.0393 e. The van der Waals surface area contributed by atoms with Crippen molar-refractivity contribution in [2.45, 2.75) is 64.7 Å². The summed E-state index contributed by atoms with van der Waals surface area (Å²) < 4.78 is 0. The third-order valence-corrected chi connectivity index (χ3v) is 3.43. The lowest BCUT2D eigenvalue weighted by Gasteiger charge is -2.12. The van der Waals surface area contributed by atoms with E-state index < -0.39 is 0 Å². The topological polar surface area (TPSA) is 38.4 Å². The summed E-state index contributed by atoms with van der Waals surface area (Å²) in [4.78, 5) is 4.43. The van der Waals surface area contributed by atoms with Gasteiger partial charge in [0.15, 0.2) is 0 Å². The Morgan fingerprint density at radius 3 is 1.94 bits per heavy atom. The highest BCUT2D eigenvalue weighted by molar-refractivity contribution is 6.00. The van der Waals surface area contributed by atoms with Crippen LogP contribution < -0.4 is 5.73 Å². The van der Waals surface area contributed by atoms with E-state index in [4.69, 9.17) is 5.73 Å². The van der Waals surface area contributed by atoms with Gasteiger partial charge in [-0.05, 0) is 38.2 Å². The van der Waals surface area contributed by atoms with E-state index in [0.717, 1.165) is 18.5 Å². The largest absolute Gasteiger partial charge is 0.402 e. The quantitative estimate of drug-likeness (QED) is 0.665. The molecule has 0 heterocycles. The van der Waals surface area contributed by atoms with Crippen LogP contribution in [0.2, 0.25) is 0 Å². The van der Waals surface area contributed by atoms with E-state index in [1.165, 1.54) is 56.2 Å². The van der Waals surface area contributed by atoms with Gasteiger partial charge in [-0.2, -0.15) is 0 Å². The van der Waals surface area contributed by atoms with Crippen molar-refractivity contribution in [2.24, 2.45) is 10.7 Å². The Kier molecular flexibility index (Phi) is 6.20. The molecule has 16 heavy (non-hydrogen) atoms. The molecule has 0 bridgehead atoms. The second kappa shape index (κ2) is 7.48. The van der Waals surface area contributed by atoms with E-state index in [9.17, 15) is 0 Å². The molecule has 2 N–H and O–H groups in total. The predicted octanol–water partition coefficient (Wildman–Crippen LogP) is 3.81. The summed E-state index contributed by atoms with van der Waals surface area (Å²) >= 11 is 0. The molecule has 0 spiro atoms. The zero-order valence-corrected chi connectivity index (χ0v) is 10.9. The number of nitrogens with two attached hydrogens (primary N) is 1. The van der Waals surface area contributed by atoms with Crippen LogP contribution in [0.1, 0.15) is 64.7 Å². The van der Waals surface area contributed by atoms with Gasteiger partial charge in [-0.1, -0.05) is 32.1 Å². The Bertz CT molecular complexity index is 260. The van der Waals surface area contributed by atoms with Gasteiger partial charge in [0.25, 0.3) is 0 Å². The molecule has 2 heteroatoms. The van der Waals surface area contributed by atoms with Crippen LogP contribution >= 0.6 is 0 Å². The fraction of sp³-hybridized carbons (Fsp3) is 0.786. The average molecular weight is 222 g/mol. The molecule has 0 saturated heterocycles. The fourth-order valence-electron chi connectivity index (χ4n) is 2.44. The van der Waals surface area contributed by atoms with Crippen LogP contribution in [-0.4, -0.2) is 12.8 Å². The lowest BCUT2D eigenvalue weighted by atomic mass is 9.98. The van der Waals surface area contributed by atoms with E-state index >= 15 is 0 Å². The van der Waals surface area contributed by atoms with E-state index in [0.29, 0.717) is 0 Å². The molecule has 0 amide bonds. The van der Waals surface area contributed by atoms with Crippen molar-refractivity contribution in [2.75, 3.05) is 7.05 Å². The molecule has 92 valence electrons. The molecule has 0 aromatic heterocycles. The van der Waals surface area contributed by atoms with Crippen molar-refractivity contribution in [3.63, 3.8) is 0 Å². The molecule has 0 aliphatic heterocycles. The number of aliphatic imine (C=N–C) groups is 1. The minimum absolute atomic E-state index is 0.972. The molecule has 1 fully saturated rings. The minimum Gasteiger partial charge on any atom is -0.402 e. The summed E-state index contributed by atoms with van der Waals surface area (Å²) in [6.07, 6.45) is 11.6. The van der Waals surface area contributed by atoms with Gasteiger partial charge in [-0.3, -0.25) is 4.99 Å². The standard InChI is InChI=1S/C14H26N2/c1-12(15)13-10-8-6-4-3-5-7-9-11-14(13)16-2/h3-11,15H2,1-2H3. The van der Waals surface area contributed by atoms with Crippen LogP contribution in [-0.2, 0) is 0 Å². The summed E-state index contributed by atoms with van der Waals surface area (Å²) in [5.74, 6) is 0. The fourth-order valence-corrected chi connectivity index (χ4v) is 2.44. The van der Waals surface area contributed by atoms with Crippen molar-refractivity contribution in [3.8, 4) is 0 Å². The second-order valence-corrected chi connectivity index (χ2v) is 4.81.